The Labute approximate surface area is 82.2 Å². The molecule has 1 fully saturated rings. The molecular weight excluding hydrogens is 160 g/mol. The zero-order chi connectivity index (χ0) is 9.73. The normalized spacial score (nSPS) is 27.6. The summed E-state index contributed by atoms with van der Waals surface area (Å²) in [5.74, 6) is 0. The van der Waals surface area contributed by atoms with E-state index in [1.807, 2.05) is 0 Å². The van der Waals surface area contributed by atoms with Crippen LogP contribution in [0.2, 0.25) is 0 Å². The Hall–Kier alpha value is -0.300. The molecule has 0 spiro atoms. The lowest BCUT2D eigenvalue weighted by atomic mass is 9.95. The molecule has 1 aliphatic rings. The van der Waals surface area contributed by atoms with Crippen LogP contribution < -0.4 is 0 Å². The number of hydrogen-bond acceptors (Lipinski definition) is 1. The van der Waals surface area contributed by atoms with Crippen molar-refractivity contribution >= 4 is 0 Å². The maximum atomic E-state index is 5.67. The molecule has 13 heavy (non-hydrogen) atoms. The van der Waals surface area contributed by atoms with E-state index >= 15 is 0 Å². The average molecular weight is 181 g/mol. The lowest BCUT2D eigenvalue weighted by molar-refractivity contribution is 0.0452. The molecule has 1 heterocycles. The van der Waals surface area contributed by atoms with Crippen LogP contribution in [0.15, 0.2) is 11.6 Å². The molecule has 0 N–H and O–H groups in total. The molecule has 1 nitrogen and oxygen atoms in total. The number of hydrogen-bond donors (Lipinski definition) is 0. The number of ether oxygens (including phenoxy) is 1. The molecule has 1 heteroatoms. The molecule has 0 unspecified atom stereocenters. The molecule has 0 aromatic rings. The van der Waals surface area contributed by atoms with Gasteiger partial charge in [-0.15, -0.1) is 0 Å². The van der Waals surface area contributed by atoms with E-state index in [1.165, 1.54) is 18.4 Å². The van der Waals surface area contributed by atoms with Gasteiger partial charge in [0, 0.05) is 6.61 Å². The molecule has 0 bridgehead atoms. The Morgan fingerprint density at radius 1 is 1.38 bits per heavy atom. The van der Waals surface area contributed by atoms with Gasteiger partial charge in [-0.05, 0) is 52.9 Å². The van der Waals surface area contributed by atoms with Gasteiger partial charge in [-0.1, -0.05) is 11.6 Å². The van der Waals surface area contributed by atoms with Crippen molar-refractivity contribution in [3.8, 4) is 0 Å². The maximum Gasteiger partial charge on any atom is 0.0687 e. The molecule has 0 aromatic heterocycles. The van der Waals surface area contributed by atoms with Gasteiger partial charge in [0.25, 0.3) is 0 Å². The summed E-state index contributed by atoms with van der Waals surface area (Å²) in [5, 5.41) is 0. The third-order valence-corrected chi connectivity index (χ3v) is 2.54. The van der Waals surface area contributed by atoms with Gasteiger partial charge < -0.3 is 4.74 Å². The zero-order valence-corrected chi connectivity index (χ0v) is 9.10. The van der Waals surface area contributed by atoms with Gasteiger partial charge in [-0.25, -0.2) is 0 Å². The first kappa shape index (κ1) is 10.8. The van der Waals surface area contributed by atoms with Crippen molar-refractivity contribution in [1.82, 2.24) is 0 Å². The Kier molecular flexibility index (Phi) is 3.98. The van der Waals surface area contributed by atoms with Crippen LogP contribution in [0.1, 0.15) is 46.5 Å². The van der Waals surface area contributed by atoms with Gasteiger partial charge in [-0.2, -0.15) is 0 Å². The minimum atomic E-state index is 0.0789. The molecule has 0 aliphatic carbocycles. The Bertz CT molecular complexity index is 172. The van der Waals surface area contributed by atoms with Crippen molar-refractivity contribution in [2.24, 2.45) is 0 Å². The summed E-state index contributed by atoms with van der Waals surface area (Å²) < 4.78 is 5.67. The van der Waals surface area contributed by atoms with Crippen LogP contribution in [0.4, 0.5) is 0 Å². The monoisotopic (exact) mass is 181 g/mol. The highest BCUT2D eigenvalue weighted by Gasteiger charge is 2.28. The Morgan fingerprint density at radius 2 is 2.15 bits per heavy atom. The summed E-state index contributed by atoms with van der Waals surface area (Å²) in [4.78, 5) is 0. The summed E-state index contributed by atoms with van der Waals surface area (Å²) >= 11 is 0. The van der Waals surface area contributed by atoms with Crippen molar-refractivity contribution in [3.63, 3.8) is 0 Å². The molecule has 1 rings (SSSR count). The highest BCUT2D eigenvalue weighted by Crippen LogP contribution is 2.29. The van der Waals surface area contributed by atoms with Gasteiger partial charge in [0.2, 0.25) is 0 Å². The van der Waals surface area contributed by atoms with Gasteiger partial charge in [0.15, 0.2) is 0 Å². The predicted molar refractivity (Wildman–Crippen MR) is 56.6 cm³/mol. The molecule has 0 amide bonds. The topological polar surface area (TPSA) is 9.23 Å². The number of unbranched alkanes of at least 4 members (excludes halogenated alkanes) is 1. The largest absolute Gasteiger partial charge is 0.375 e. The van der Waals surface area contributed by atoms with Crippen LogP contribution in [0.5, 0.6) is 0 Å². The molecule has 1 radical (unpaired) electrons. The fourth-order valence-corrected chi connectivity index (χ4v) is 1.72. The molecular formula is C12H21O. The fraction of sp³-hybridized carbons (Fsp3) is 0.750. The van der Waals surface area contributed by atoms with E-state index in [-0.39, 0.29) is 5.60 Å². The summed E-state index contributed by atoms with van der Waals surface area (Å²) in [6, 6.07) is 0. The predicted octanol–water partition coefficient (Wildman–Crippen LogP) is 3.51. The van der Waals surface area contributed by atoms with Crippen LogP contribution in [0, 0.1) is 6.42 Å². The Balaban J connectivity index is 2.15. The van der Waals surface area contributed by atoms with Crippen molar-refractivity contribution in [2.45, 2.75) is 52.1 Å². The van der Waals surface area contributed by atoms with Gasteiger partial charge in [0.05, 0.1) is 5.60 Å². The minimum absolute atomic E-state index is 0.0789. The van der Waals surface area contributed by atoms with Crippen LogP contribution >= 0.6 is 0 Å². The molecule has 1 atom stereocenters. The molecule has 75 valence electrons. The van der Waals surface area contributed by atoms with Crippen molar-refractivity contribution in [1.29, 1.82) is 0 Å². The van der Waals surface area contributed by atoms with Crippen molar-refractivity contribution in [3.05, 3.63) is 18.1 Å². The fourth-order valence-electron chi connectivity index (χ4n) is 1.72. The molecule has 1 aliphatic heterocycles. The quantitative estimate of drug-likeness (QED) is 0.476. The first-order valence-electron chi connectivity index (χ1n) is 5.24. The van der Waals surface area contributed by atoms with Crippen LogP contribution in [0.3, 0.4) is 0 Å². The highest BCUT2D eigenvalue weighted by molar-refractivity contribution is 4.98. The van der Waals surface area contributed by atoms with Crippen molar-refractivity contribution < 1.29 is 4.74 Å². The first-order chi connectivity index (χ1) is 6.12. The van der Waals surface area contributed by atoms with E-state index in [1.54, 1.807) is 0 Å². The summed E-state index contributed by atoms with van der Waals surface area (Å²) in [6.45, 7) is 7.43. The van der Waals surface area contributed by atoms with Gasteiger partial charge >= 0.3 is 0 Å². The second kappa shape index (κ2) is 4.80. The van der Waals surface area contributed by atoms with Gasteiger partial charge in [-0.3, -0.25) is 0 Å². The third kappa shape index (κ3) is 3.95. The van der Waals surface area contributed by atoms with E-state index in [0.29, 0.717) is 0 Å². The lowest BCUT2D eigenvalue weighted by Crippen LogP contribution is -2.23. The molecule has 0 saturated carbocycles. The van der Waals surface area contributed by atoms with Crippen LogP contribution in [-0.2, 0) is 4.74 Å². The zero-order valence-electron chi connectivity index (χ0n) is 9.10. The van der Waals surface area contributed by atoms with Crippen LogP contribution in [-0.4, -0.2) is 12.2 Å². The van der Waals surface area contributed by atoms with E-state index in [9.17, 15) is 0 Å². The standard InChI is InChI=1S/C12H21O/c1-11(2)7-4-5-8-12(3)9-6-10-13-12/h7-8H,4-6,9-10H2,1-3H3/t12-/m1/s1. The third-order valence-electron chi connectivity index (χ3n) is 2.54. The highest BCUT2D eigenvalue weighted by atomic mass is 16.5. The minimum Gasteiger partial charge on any atom is -0.375 e. The average Bonchev–Trinajstić information content (AvgIpc) is 2.47. The lowest BCUT2D eigenvalue weighted by Gasteiger charge is -2.22. The second-order valence-electron chi connectivity index (χ2n) is 4.33. The Morgan fingerprint density at radius 3 is 2.69 bits per heavy atom. The summed E-state index contributed by atoms with van der Waals surface area (Å²) in [7, 11) is 0. The first-order valence-corrected chi connectivity index (χ1v) is 5.24. The molecule has 1 saturated heterocycles. The number of rotatable bonds is 4. The summed E-state index contributed by atoms with van der Waals surface area (Å²) in [5.41, 5.74) is 1.49. The van der Waals surface area contributed by atoms with E-state index in [4.69, 9.17) is 4.74 Å². The second-order valence-corrected chi connectivity index (χ2v) is 4.33. The number of allylic oxidation sites excluding steroid dienone is 2. The maximum absolute atomic E-state index is 5.67. The SMILES string of the molecule is CC(C)=CCC[CH][C@]1(C)CCCO1. The smallest absolute Gasteiger partial charge is 0.0687 e. The summed E-state index contributed by atoms with van der Waals surface area (Å²) in [6.07, 6.45) is 9.33. The molecule has 0 aromatic carbocycles. The van der Waals surface area contributed by atoms with Gasteiger partial charge in [0.1, 0.15) is 0 Å². The van der Waals surface area contributed by atoms with Crippen molar-refractivity contribution in [2.75, 3.05) is 6.61 Å². The van der Waals surface area contributed by atoms with E-state index < -0.39 is 0 Å². The van der Waals surface area contributed by atoms with E-state index in [2.05, 4.69) is 33.3 Å². The van der Waals surface area contributed by atoms with Crippen LogP contribution in [0.25, 0.3) is 0 Å². The van der Waals surface area contributed by atoms with E-state index in [0.717, 1.165) is 19.4 Å².